The molecule has 10 aromatic rings. The van der Waals surface area contributed by atoms with Crippen LogP contribution in [0.1, 0.15) is 16.8 Å². The lowest BCUT2D eigenvalue weighted by atomic mass is 9.85. The number of aryl methyl sites for hydroxylation is 1. The van der Waals surface area contributed by atoms with E-state index in [-0.39, 0.29) is 0 Å². The first-order valence-electron chi connectivity index (χ1n) is 19.7. The molecule has 3 heterocycles. The maximum atomic E-state index is 6.24. The highest BCUT2D eigenvalue weighted by molar-refractivity contribution is 6.22. The summed E-state index contributed by atoms with van der Waals surface area (Å²) in [6, 6.07) is 60.7. The van der Waals surface area contributed by atoms with Crippen LogP contribution in [-0.2, 0) is 6.42 Å². The summed E-state index contributed by atoms with van der Waals surface area (Å²) in [5.74, 6) is 0. The summed E-state index contributed by atoms with van der Waals surface area (Å²) in [6.07, 6.45) is 10.4. The number of allylic oxidation sites excluding steroid dienone is 3. The molecule has 4 nitrogen and oxygen atoms in total. The number of hydrogen-bond donors (Lipinski definition) is 1. The molecule has 0 radical (unpaired) electrons. The number of hydrogen-bond acceptors (Lipinski definition) is 3. The first kappa shape index (κ1) is 34.9. The molecular formula is C54H40N4. The van der Waals surface area contributed by atoms with Crippen LogP contribution in [0.15, 0.2) is 201 Å². The average molecular weight is 745 g/mol. The number of aromatic nitrogens is 3. The number of fused-ring (bicyclic) bond motifs is 5. The fourth-order valence-corrected chi connectivity index (χ4v) is 8.45. The molecule has 7 aromatic carbocycles. The molecule has 0 saturated carbocycles. The summed E-state index contributed by atoms with van der Waals surface area (Å²) in [7, 11) is 0. The number of nitrogens with zero attached hydrogens (tertiary/aromatic N) is 3. The molecule has 0 saturated heterocycles. The van der Waals surface area contributed by atoms with Gasteiger partial charge in [-0.05, 0) is 116 Å². The van der Waals surface area contributed by atoms with Gasteiger partial charge in [0.25, 0.3) is 0 Å². The molecule has 0 fully saturated rings. The highest BCUT2D eigenvalue weighted by Crippen LogP contribution is 2.45. The van der Waals surface area contributed by atoms with E-state index in [0.29, 0.717) is 6.42 Å². The number of nitrogens with two attached hydrogens (primary N) is 1. The molecular weight excluding hydrogens is 705 g/mol. The van der Waals surface area contributed by atoms with Gasteiger partial charge in [-0.2, -0.15) is 0 Å². The normalized spacial score (nSPS) is 12.1. The zero-order valence-electron chi connectivity index (χ0n) is 32.2. The summed E-state index contributed by atoms with van der Waals surface area (Å²) < 4.78 is 2.27. The molecule has 0 bridgehead atoms. The van der Waals surface area contributed by atoms with Crippen molar-refractivity contribution in [2.24, 2.45) is 5.73 Å². The van der Waals surface area contributed by atoms with Crippen molar-refractivity contribution in [3.05, 3.63) is 217 Å². The van der Waals surface area contributed by atoms with E-state index in [2.05, 4.69) is 181 Å². The summed E-state index contributed by atoms with van der Waals surface area (Å²) in [6.45, 7) is 2.14. The van der Waals surface area contributed by atoms with Gasteiger partial charge in [-0.25, -0.2) is 0 Å². The molecule has 58 heavy (non-hydrogen) atoms. The second-order valence-corrected chi connectivity index (χ2v) is 14.8. The molecule has 0 spiro atoms. The standard InChI is InChI=1S/C54H40N4/c1-36-21-23-38(24-22-36)52-45-18-8-9-19-46(45)53(37-12-4-2-5-13-37)48-32-40(26-29-47(48)52)42-25-28-43(57-35-42)15-10-14-41(34-55)39-27-30-50-49(33-39)54-51(20-11-31-56-54)58(50)44-16-6-3-7-17-44/h2-14,16-35H,15,55H2,1H3/b14-10-,41-34+. The van der Waals surface area contributed by atoms with Crippen LogP contribution in [0.3, 0.4) is 0 Å². The van der Waals surface area contributed by atoms with E-state index in [9.17, 15) is 0 Å². The van der Waals surface area contributed by atoms with Gasteiger partial charge in [0.2, 0.25) is 0 Å². The third-order valence-corrected chi connectivity index (χ3v) is 11.3. The minimum Gasteiger partial charge on any atom is -0.404 e. The molecule has 276 valence electrons. The first-order valence-corrected chi connectivity index (χ1v) is 19.7. The van der Waals surface area contributed by atoms with E-state index in [0.717, 1.165) is 55.6 Å². The number of rotatable bonds is 8. The van der Waals surface area contributed by atoms with Crippen molar-refractivity contribution in [2.75, 3.05) is 0 Å². The highest BCUT2D eigenvalue weighted by Gasteiger charge is 2.18. The van der Waals surface area contributed by atoms with Gasteiger partial charge in [0, 0.05) is 47.3 Å². The fourth-order valence-electron chi connectivity index (χ4n) is 8.45. The Morgan fingerprint density at radius 3 is 1.97 bits per heavy atom. The molecule has 10 rings (SSSR count). The van der Waals surface area contributed by atoms with Gasteiger partial charge >= 0.3 is 0 Å². The molecule has 0 aliphatic rings. The van der Waals surface area contributed by atoms with Crippen LogP contribution in [0, 0.1) is 6.92 Å². The van der Waals surface area contributed by atoms with Crippen LogP contribution in [0.25, 0.3) is 88.1 Å². The molecule has 3 aromatic heterocycles. The highest BCUT2D eigenvalue weighted by atomic mass is 15.0. The Labute approximate surface area is 337 Å². The quantitative estimate of drug-likeness (QED) is 0.124. The predicted molar refractivity (Wildman–Crippen MR) is 244 cm³/mol. The molecule has 0 atom stereocenters. The van der Waals surface area contributed by atoms with Crippen molar-refractivity contribution in [3.8, 4) is 39.1 Å². The zero-order chi connectivity index (χ0) is 39.0. The van der Waals surface area contributed by atoms with E-state index < -0.39 is 0 Å². The lowest BCUT2D eigenvalue weighted by Crippen LogP contribution is -1.93. The SMILES string of the molecule is Cc1ccc(-c2c3ccccc3c(-c3ccccc3)c3cc(-c4ccc(C/C=C\C(=C/N)c5ccc6c(c5)c5ncccc5n6-c5ccccc5)nc4)ccc23)cc1. The van der Waals surface area contributed by atoms with Crippen molar-refractivity contribution in [3.63, 3.8) is 0 Å². The van der Waals surface area contributed by atoms with Crippen molar-refractivity contribution in [1.29, 1.82) is 0 Å². The summed E-state index contributed by atoms with van der Waals surface area (Å²) >= 11 is 0. The van der Waals surface area contributed by atoms with Crippen LogP contribution in [0.5, 0.6) is 0 Å². The Morgan fingerprint density at radius 2 is 1.22 bits per heavy atom. The summed E-state index contributed by atoms with van der Waals surface area (Å²) in [5, 5.41) is 6.05. The maximum absolute atomic E-state index is 6.24. The Hall–Kier alpha value is -7.56. The summed E-state index contributed by atoms with van der Waals surface area (Å²) in [4.78, 5) is 9.71. The molecule has 2 N–H and O–H groups in total. The van der Waals surface area contributed by atoms with E-state index in [1.54, 1.807) is 6.20 Å². The van der Waals surface area contributed by atoms with E-state index in [4.69, 9.17) is 15.7 Å². The minimum absolute atomic E-state index is 0.677. The summed E-state index contributed by atoms with van der Waals surface area (Å²) in [5.41, 5.74) is 21.9. The molecule has 0 aliphatic heterocycles. The van der Waals surface area contributed by atoms with E-state index >= 15 is 0 Å². The average Bonchev–Trinajstić information content (AvgIpc) is 3.62. The van der Waals surface area contributed by atoms with Gasteiger partial charge in [0.05, 0.1) is 16.6 Å². The van der Waals surface area contributed by atoms with Gasteiger partial charge in [0.15, 0.2) is 0 Å². The second-order valence-electron chi connectivity index (χ2n) is 14.8. The number of benzene rings is 7. The van der Waals surface area contributed by atoms with E-state index in [1.807, 2.05) is 24.5 Å². The topological polar surface area (TPSA) is 56.7 Å². The molecule has 0 unspecified atom stereocenters. The first-order chi connectivity index (χ1) is 28.6. The molecule has 0 amide bonds. The van der Waals surface area contributed by atoms with Gasteiger partial charge in [0.1, 0.15) is 0 Å². The zero-order valence-corrected chi connectivity index (χ0v) is 32.2. The van der Waals surface area contributed by atoms with Crippen molar-refractivity contribution in [2.45, 2.75) is 13.3 Å². The van der Waals surface area contributed by atoms with Crippen LogP contribution in [0.4, 0.5) is 0 Å². The van der Waals surface area contributed by atoms with Crippen molar-refractivity contribution in [1.82, 2.24) is 14.5 Å². The lowest BCUT2D eigenvalue weighted by Gasteiger charge is -2.19. The van der Waals surface area contributed by atoms with Gasteiger partial charge in [-0.15, -0.1) is 0 Å². The minimum atomic E-state index is 0.677. The van der Waals surface area contributed by atoms with Crippen molar-refractivity contribution < 1.29 is 0 Å². The maximum Gasteiger partial charge on any atom is 0.0963 e. The van der Waals surface area contributed by atoms with Crippen LogP contribution in [-0.4, -0.2) is 14.5 Å². The monoisotopic (exact) mass is 744 g/mol. The largest absolute Gasteiger partial charge is 0.404 e. The van der Waals surface area contributed by atoms with Gasteiger partial charge in [-0.1, -0.05) is 139 Å². The smallest absolute Gasteiger partial charge is 0.0963 e. The third kappa shape index (κ3) is 6.22. The third-order valence-electron chi connectivity index (χ3n) is 11.3. The fraction of sp³-hybridized carbons (Fsp3) is 0.0370. The van der Waals surface area contributed by atoms with Crippen molar-refractivity contribution >= 4 is 49.1 Å². The van der Waals surface area contributed by atoms with E-state index in [1.165, 1.54) is 49.4 Å². The molecule has 4 heteroatoms. The molecule has 0 aliphatic carbocycles. The Bertz CT molecular complexity index is 3180. The number of pyridine rings is 2. The lowest BCUT2D eigenvalue weighted by molar-refractivity contribution is 1.11. The second kappa shape index (κ2) is 14.8. The van der Waals surface area contributed by atoms with Crippen LogP contribution in [0.2, 0.25) is 0 Å². The van der Waals surface area contributed by atoms with Crippen LogP contribution < -0.4 is 5.73 Å². The predicted octanol–water partition coefficient (Wildman–Crippen LogP) is 13.3. The van der Waals surface area contributed by atoms with Crippen LogP contribution >= 0.6 is 0 Å². The Morgan fingerprint density at radius 1 is 0.552 bits per heavy atom. The Balaban J connectivity index is 0.965. The van der Waals surface area contributed by atoms with Gasteiger partial charge < -0.3 is 10.3 Å². The Kier molecular flexibility index (Phi) is 8.92. The van der Waals surface area contributed by atoms with Gasteiger partial charge in [-0.3, -0.25) is 9.97 Å². The number of para-hydroxylation sites is 1.